The van der Waals surface area contributed by atoms with Crippen molar-refractivity contribution in [2.75, 3.05) is 13.2 Å². The van der Waals surface area contributed by atoms with Crippen LogP contribution in [0, 0.1) is 0 Å². The Hall–Kier alpha value is -0.650. The van der Waals surface area contributed by atoms with E-state index in [-0.39, 0.29) is 19.2 Å². The maximum absolute atomic E-state index is 12.4. The molecule has 5 nitrogen and oxygen atoms in total. The Kier molecular flexibility index (Phi) is 34.3. The van der Waals surface area contributed by atoms with Crippen molar-refractivity contribution in [3.8, 4) is 0 Å². The maximum Gasteiger partial charge on any atom is 0.308 e. The third-order valence-corrected chi connectivity index (χ3v) is 8.48. The Balaban J connectivity index is 3.78. The van der Waals surface area contributed by atoms with Crippen molar-refractivity contribution < 1.29 is 24.5 Å². The number of carbonyl (C=O) groups is 1. The molecule has 0 rings (SSSR count). The van der Waals surface area contributed by atoms with Crippen LogP contribution in [0.5, 0.6) is 0 Å². The third kappa shape index (κ3) is 32.3. The Bertz CT molecular complexity index is 526. The predicted octanol–water partition coefficient (Wildman–Crippen LogP) is 11.0. The van der Waals surface area contributed by atoms with Gasteiger partial charge in [-0.2, -0.15) is 0 Å². The second-order valence-corrected chi connectivity index (χ2v) is 12.8. The standard InChI is InChI=1S/C37H74O5/c1-3-5-7-9-11-13-15-17-18-20-21-23-25-27-29-31-36(40)42-37(41-34-35(39)33-38)32-30-28-26-24-22-19-16-14-12-10-8-6-4-2/h35,37-39H,3-34H2,1-2H3. The number of unbranched alkanes of at least 4 members (excludes halogenated alkanes) is 26. The molecule has 2 N–H and O–H groups in total. The van der Waals surface area contributed by atoms with Crippen molar-refractivity contribution in [1.82, 2.24) is 0 Å². The summed E-state index contributed by atoms with van der Waals surface area (Å²) in [5, 5.41) is 18.8. The summed E-state index contributed by atoms with van der Waals surface area (Å²) in [6, 6.07) is 0. The average Bonchev–Trinajstić information content (AvgIpc) is 2.99. The van der Waals surface area contributed by atoms with Crippen LogP contribution in [0.2, 0.25) is 0 Å². The van der Waals surface area contributed by atoms with Crippen LogP contribution in [0.1, 0.15) is 206 Å². The van der Waals surface area contributed by atoms with E-state index in [1.807, 2.05) is 0 Å². The van der Waals surface area contributed by atoms with Gasteiger partial charge in [-0.1, -0.05) is 181 Å². The van der Waals surface area contributed by atoms with Crippen molar-refractivity contribution in [3.63, 3.8) is 0 Å². The van der Waals surface area contributed by atoms with E-state index in [9.17, 15) is 9.90 Å². The summed E-state index contributed by atoms with van der Waals surface area (Å²) in [7, 11) is 0. The predicted molar refractivity (Wildman–Crippen MR) is 179 cm³/mol. The third-order valence-electron chi connectivity index (χ3n) is 8.48. The summed E-state index contributed by atoms with van der Waals surface area (Å²) in [4.78, 5) is 12.4. The van der Waals surface area contributed by atoms with Crippen LogP contribution in [0.15, 0.2) is 0 Å². The lowest BCUT2D eigenvalue weighted by Gasteiger charge is -2.20. The second-order valence-electron chi connectivity index (χ2n) is 12.8. The molecule has 42 heavy (non-hydrogen) atoms. The smallest absolute Gasteiger partial charge is 0.308 e. The fraction of sp³-hybridized carbons (Fsp3) is 0.973. The molecule has 252 valence electrons. The van der Waals surface area contributed by atoms with Crippen molar-refractivity contribution in [2.24, 2.45) is 0 Å². The molecule has 2 atom stereocenters. The molecule has 0 aliphatic carbocycles. The van der Waals surface area contributed by atoms with Gasteiger partial charge in [-0.05, 0) is 12.8 Å². The molecule has 2 unspecified atom stereocenters. The molecular formula is C37H74O5. The quantitative estimate of drug-likeness (QED) is 0.0431. The molecule has 0 aliphatic heterocycles. The lowest BCUT2D eigenvalue weighted by molar-refractivity contribution is -0.186. The minimum absolute atomic E-state index is 0.00809. The van der Waals surface area contributed by atoms with Crippen LogP contribution in [-0.2, 0) is 14.3 Å². The molecule has 0 aromatic rings. The average molecular weight is 599 g/mol. The Morgan fingerprint density at radius 1 is 0.524 bits per heavy atom. The zero-order chi connectivity index (χ0) is 30.8. The SMILES string of the molecule is CCCCCCCCCCCCCCCCCC(=O)OC(CCCCCCCCCCCCCCC)OCC(O)CO. The molecule has 0 spiro atoms. The molecule has 0 aromatic carbocycles. The molecule has 5 heteroatoms. The zero-order valence-electron chi connectivity index (χ0n) is 28.4. The number of aliphatic hydroxyl groups excluding tert-OH is 2. The number of aliphatic hydroxyl groups is 2. The van der Waals surface area contributed by atoms with Crippen molar-refractivity contribution in [2.45, 2.75) is 219 Å². The Labute approximate surface area is 262 Å². The highest BCUT2D eigenvalue weighted by molar-refractivity contribution is 5.69. The van der Waals surface area contributed by atoms with Gasteiger partial charge >= 0.3 is 5.97 Å². The number of esters is 1. The lowest BCUT2D eigenvalue weighted by Crippen LogP contribution is -2.28. The van der Waals surface area contributed by atoms with Gasteiger partial charge in [0.2, 0.25) is 6.29 Å². The van der Waals surface area contributed by atoms with E-state index >= 15 is 0 Å². The first kappa shape index (κ1) is 41.4. The van der Waals surface area contributed by atoms with Crippen LogP contribution in [0.4, 0.5) is 0 Å². The molecule has 0 bridgehead atoms. The van der Waals surface area contributed by atoms with Gasteiger partial charge in [-0.15, -0.1) is 0 Å². The molecule has 0 aromatic heterocycles. The fourth-order valence-corrected chi connectivity index (χ4v) is 5.62. The number of hydrogen-bond donors (Lipinski definition) is 2. The molecule has 0 aliphatic rings. The molecule has 0 saturated carbocycles. The number of hydrogen-bond acceptors (Lipinski definition) is 5. The van der Waals surface area contributed by atoms with E-state index in [4.69, 9.17) is 14.6 Å². The van der Waals surface area contributed by atoms with Gasteiger partial charge in [0.1, 0.15) is 6.10 Å². The van der Waals surface area contributed by atoms with E-state index in [0.29, 0.717) is 12.8 Å². The van der Waals surface area contributed by atoms with Crippen LogP contribution in [0.25, 0.3) is 0 Å². The monoisotopic (exact) mass is 599 g/mol. The van der Waals surface area contributed by atoms with Crippen molar-refractivity contribution >= 4 is 5.97 Å². The minimum Gasteiger partial charge on any atom is -0.436 e. The van der Waals surface area contributed by atoms with Gasteiger partial charge in [0.25, 0.3) is 0 Å². The second kappa shape index (κ2) is 34.8. The highest BCUT2D eigenvalue weighted by Gasteiger charge is 2.16. The first-order chi connectivity index (χ1) is 20.6. The minimum atomic E-state index is -0.937. The van der Waals surface area contributed by atoms with E-state index in [0.717, 1.165) is 25.7 Å². The van der Waals surface area contributed by atoms with E-state index in [1.165, 1.54) is 154 Å². The van der Waals surface area contributed by atoms with Crippen LogP contribution in [-0.4, -0.2) is 41.8 Å². The normalized spacial score (nSPS) is 13.0. The summed E-state index contributed by atoms with van der Waals surface area (Å²) in [5.41, 5.74) is 0. The first-order valence-corrected chi connectivity index (χ1v) is 18.7. The molecule has 0 saturated heterocycles. The van der Waals surface area contributed by atoms with Crippen LogP contribution < -0.4 is 0 Å². The highest BCUT2D eigenvalue weighted by atomic mass is 16.7. The fourth-order valence-electron chi connectivity index (χ4n) is 5.62. The number of rotatable bonds is 35. The van der Waals surface area contributed by atoms with E-state index < -0.39 is 12.4 Å². The maximum atomic E-state index is 12.4. The van der Waals surface area contributed by atoms with Crippen LogP contribution >= 0.6 is 0 Å². The zero-order valence-corrected chi connectivity index (χ0v) is 28.4. The van der Waals surface area contributed by atoms with Gasteiger partial charge < -0.3 is 19.7 Å². The van der Waals surface area contributed by atoms with Gasteiger partial charge in [0.05, 0.1) is 13.2 Å². The number of ether oxygens (including phenoxy) is 2. The topological polar surface area (TPSA) is 76.0 Å². The largest absolute Gasteiger partial charge is 0.436 e. The van der Waals surface area contributed by atoms with Crippen molar-refractivity contribution in [1.29, 1.82) is 0 Å². The molecule has 0 radical (unpaired) electrons. The van der Waals surface area contributed by atoms with E-state index in [2.05, 4.69) is 13.8 Å². The lowest BCUT2D eigenvalue weighted by atomic mass is 10.0. The Morgan fingerprint density at radius 2 is 0.857 bits per heavy atom. The molecular weight excluding hydrogens is 524 g/mol. The van der Waals surface area contributed by atoms with Crippen LogP contribution in [0.3, 0.4) is 0 Å². The van der Waals surface area contributed by atoms with Crippen molar-refractivity contribution in [3.05, 3.63) is 0 Å². The molecule has 0 amide bonds. The summed E-state index contributed by atoms with van der Waals surface area (Å²) >= 11 is 0. The van der Waals surface area contributed by atoms with Gasteiger partial charge in [0.15, 0.2) is 0 Å². The van der Waals surface area contributed by atoms with Gasteiger partial charge in [0, 0.05) is 12.8 Å². The summed E-state index contributed by atoms with van der Waals surface area (Å²) in [6.45, 7) is 4.19. The summed E-state index contributed by atoms with van der Waals surface area (Å²) in [5.74, 6) is -0.206. The summed E-state index contributed by atoms with van der Waals surface area (Å²) < 4.78 is 11.3. The first-order valence-electron chi connectivity index (χ1n) is 18.7. The van der Waals surface area contributed by atoms with Gasteiger partial charge in [-0.3, -0.25) is 4.79 Å². The van der Waals surface area contributed by atoms with E-state index in [1.54, 1.807) is 0 Å². The Morgan fingerprint density at radius 3 is 1.21 bits per heavy atom. The number of carbonyl (C=O) groups excluding carboxylic acids is 1. The van der Waals surface area contributed by atoms with Gasteiger partial charge in [-0.25, -0.2) is 0 Å². The summed E-state index contributed by atoms with van der Waals surface area (Å²) in [6.07, 6.45) is 35.9. The molecule has 0 heterocycles. The molecule has 0 fully saturated rings. The highest BCUT2D eigenvalue weighted by Crippen LogP contribution is 2.17.